The third kappa shape index (κ3) is 9.11. The van der Waals surface area contributed by atoms with Crippen molar-refractivity contribution in [1.82, 2.24) is 5.06 Å². The van der Waals surface area contributed by atoms with Crippen molar-refractivity contribution < 1.29 is 14.4 Å². The van der Waals surface area contributed by atoms with Gasteiger partial charge in [-0.2, -0.15) is 0 Å². The molecule has 130 valence electrons. The number of nitrogens with zero attached hydrogens (tertiary/aromatic N) is 1. The van der Waals surface area contributed by atoms with Gasteiger partial charge in [0.15, 0.2) is 5.75 Å². The van der Waals surface area contributed by atoms with E-state index in [9.17, 15) is 4.79 Å². The van der Waals surface area contributed by atoms with Crippen LogP contribution in [0.5, 0.6) is 5.75 Å². The maximum Gasteiger partial charge on any atom is 0.443 e. The minimum absolute atomic E-state index is 0.352. The van der Waals surface area contributed by atoms with Crippen LogP contribution in [0.2, 0.25) is 0 Å². The van der Waals surface area contributed by atoms with Crippen molar-refractivity contribution in [2.45, 2.75) is 65.2 Å². The highest BCUT2D eigenvalue weighted by Crippen LogP contribution is 2.13. The lowest BCUT2D eigenvalue weighted by molar-refractivity contribution is -0.0479. The predicted octanol–water partition coefficient (Wildman–Crippen LogP) is 5.58. The summed E-state index contributed by atoms with van der Waals surface area (Å²) in [6.45, 7) is 4.94. The van der Waals surface area contributed by atoms with Crippen molar-refractivity contribution in [2.75, 3.05) is 13.2 Å². The fraction of sp³-hybridized carbons (Fsp3) is 0.632. The van der Waals surface area contributed by atoms with E-state index >= 15 is 0 Å². The second kappa shape index (κ2) is 12.8. The zero-order valence-corrected chi connectivity index (χ0v) is 14.6. The van der Waals surface area contributed by atoms with Crippen LogP contribution in [0.3, 0.4) is 0 Å². The third-order valence-electron chi connectivity index (χ3n) is 3.65. The number of rotatable bonds is 12. The van der Waals surface area contributed by atoms with Gasteiger partial charge < -0.3 is 9.57 Å². The molecule has 1 amide bonds. The SMILES string of the molecule is CCCCCCCCCCN(Oc1ccccc1)C(=O)OCC. The minimum atomic E-state index is -0.417. The molecule has 0 saturated carbocycles. The lowest BCUT2D eigenvalue weighted by Gasteiger charge is -2.21. The van der Waals surface area contributed by atoms with Crippen LogP contribution in [-0.2, 0) is 4.74 Å². The van der Waals surface area contributed by atoms with E-state index in [1.54, 1.807) is 6.92 Å². The monoisotopic (exact) mass is 321 g/mol. The minimum Gasteiger partial charge on any atom is -0.448 e. The van der Waals surface area contributed by atoms with Gasteiger partial charge in [-0.15, -0.1) is 5.06 Å². The molecule has 0 atom stereocenters. The van der Waals surface area contributed by atoms with Gasteiger partial charge in [0, 0.05) is 0 Å². The molecule has 4 heteroatoms. The Hall–Kier alpha value is -1.71. The predicted molar refractivity (Wildman–Crippen MR) is 93.4 cm³/mol. The van der Waals surface area contributed by atoms with Gasteiger partial charge in [-0.3, -0.25) is 0 Å². The lowest BCUT2D eigenvalue weighted by Crippen LogP contribution is -2.35. The van der Waals surface area contributed by atoms with Gasteiger partial charge in [0.2, 0.25) is 0 Å². The number of hydrogen-bond donors (Lipinski definition) is 0. The van der Waals surface area contributed by atoms with E-state index < -0.39 is 6.09 Å². The van der Waals surface area contributed by atoms with Crippen LogP contribution in [0, 0.1) is 0 Å². The summed E-state index contributed by atoms with van der Waals surface area (Å²) in [4.78, 5) is 17.6. The van der Waals surface area contributed by atoms with Crippen LogP contribution in [0.15, 0.2) is 30.3 Å². The average molecular weight is 321 g/mol. The molecule has 0 heterocycles. The first kappa shape index (κ1) is 19.3. The number of benzene rings is 1. The van der Waals surface area contributed by atoms with Crippen LogP contribution in [-0.4, -0.2) is 24.3 Å². The van der Waals surface area contributed by atoms with Crippen molar-refractivity contribution >= 4 is 6.09 Å². The van der Waals surface area contributed by atoms with Crippen molar-refractivity contribution in [2.24, 2.45) is 0 Å². The molecule has 0 bridgehead atoms. The van der Waals surface area contributed by atoms with Crippen LogP contribution in [0.25, 0.3) is 0 Å². The maximum absolute atomic E-state index is 12.0. The molecule has 0 saturated heterocycles. The standard InChI is InChI=1S/C19H31NO3/c1-3-5-6-7-8-9-10-14-17-20(19(21)22-4-2)23-18-15-12-11-13-16-18/h11-13,15-16H,3-10,14,17H2,1-2H3. The molecule has 1 rings (SSSR count). The molecule has 1 aromatic carbocycles. The fourth-order valence-corrected chi connectivity index (χ4v) is 2.37. The smallest absolute Gasteiger partial charge is 0.443 e. The van der Waals surface area contributed by atoms with E-state index in [4.69, 9.17) is 9.57 Å². The fourth-order valence-electron chi connectivity index (χ4n) is 2.37. The van der Waals surface area contributed by atoms with Gasteiger partial charge in [-0.05, 0) is 25.5 Å². The molecule has 0 fully saturated rings. The maximum atomic E-state index is 12.0. The number of unbranched alkanes of at least 4 members (excludes halogenated alkanes) is 7. The molecule has 0 aliphatic rings. The van der Waals surface area contributed by atoms with Crippen LogP contribution in [0.4, 0.5) is 4.79 Å². The molecular weight excluding hydrogens is 290 g/mol. The Morgan fingerprint density at radius 2 is 1.52 bits per heavy atom. The Balaban J connectivity index is 2.28. The zero-order chi connectivity index (χ0) is 16.8. The van der Waals surface area contributed by atoms with E-state index in [0.29, 0.717) is 18.9 Å². The first-order valence-corrected chi connectivity index (χ1v) is 8.95. The Morgan fingerprint density at radius 1 is 0.913 bits per heavy atom. The molecule has 23 heavy (non-hydrogen) atoms. The summed E-state index contributed by atoms with van der Waals surface area (Å²) in [5, 5.41) is 1.33. The van der Waals surface area contributed by atoms with Gasteiger partial charge >= 0.3 is 6.09 Å². The Kier molecular flexibility index (Phi) is 10.8. The summed E-state index contributed by atoms with van der Waals surface area (Å²) in [6, 6.07) is 9.35. The molecule has 0 unspecified atom stereocenters. The topological polar surface area (TPSA) is 38.8 Å². The zero-order valence-electron chi connectivity index (χ0n) is 14.6. The molecule has 1 aromatic rings. The number of para-hydroxylation sites is 1. The van der Waals surface area contributed by atoms with Crippen LogP contribution in [0.1, 0.15) is 65.2 Å². The number of hydrogen-bond acceptors (Lipinski definition) is 3. The van der Waals surface area contributed by atoms with E-state index in [-0.39, 0.29) is 0 Å². The highest BCUT2D eigenvalue weighted by Gasteiger charge is 2.16. The molecule has 0 aliphatic carbocycles. The second-order valence-electron chi connectivity index (χ2n) is 5.68. The van der Waals surface area contributed by atoms with E-state index in [0.717, 1.165) is 12.8 Å². The van der Waals surface area contributed by atoms with Crippen molar-refractivity contribution in [1.29, 1.82) is 0 Å². The van der Waals surface area contributed by atoms with Crippen LogP contribution >= 0.6 is 0 Å². The summed E-state index contributed by atoms with van der Waals surface area (Å²) < 4.78 is 5.06. The number of carbonyl (C=O) groups excluding carboxylic acids is 1. The number of amides is 1. The van der Waals surface area contributed by atoms with E-state index in [1.807, 2.05) is 30.3 Å². The third-order valence-corrected chi connectivity index (χ3v) is 3.65. The largest absolute Gasteiger partial charge is 0.448 e. The van der Waals surface area contributed by atoms with Gasteiger partial charge in [-0.1, -0.05) is 70.1 Å². The summed E-state index contributed by atoms with van der Waals surface area (Å²) in [5.74, 6) is 0.653. The number of ether oxygens (including phenoxy) is 1. The van der Waals surface area contributed by atoms with Crippen LogP contribution < -0.4 is 4.84 Å². The molecular formula is C19H31NO3. The lowest BCUT2D eigenvalue weighted by atomic mass is 10.1. The Morgan fingerprint density at radius 3 is 2.13 bits per heavy atom. The van der Waals surface area contributed by atoms with Crippen molar-refractivity contribution in [3.8, 4) is 5.75 Å². The molecule has 0 aliphatic heterocycles. The number of carbonyl (C=O) groups is 1. The molecule has 0 spiro atoms. The van der Waals surface area contributed by atoms with Gasteiger partial charge in [0.25, 0.3) is 0 Å². The van der Waals surface area contributed by atoms with Crippen molar-refractivity contribution in [3.63, 3.8) is 0 Å². The summed E-state index contributed by atoms with van der Waals surface area (Å²) in [6.07, 6.45) is 9.38. The highest BCUT2D eigenvalue weighted by molar-refractivity contribution is 5.66. The summed E-state index contributed by atoms with van der Waals surface area (Å²) in [5.41, 5.74) is 0. The first-order chi connectivity index (χ1) is 11.3. The van der Waals surface area contributed by atoms with Crippen molar-refractivity contribution in [3.05, 3.63) is 30.3 Å². The average Bonchev–Trinajstić information content (AvgIpc) is 2.57. The quantitative estimate of drug-likeness (QED) is 0.372. The summed E-state index contributed by atoms with van der Waals surface area (Å²) >= 11 is 0. The molecule has 4 nitrogen and oxygen atoms in total. The Bertz CT molecular complexity index is 408. The van der Waals surface area contributed by atoms with E-state index in [2.05, 4.69) is 6.92 Å². The second-order valence-corrected chi connectivity index (χ2v) is 5.68. The van der Waals surface area contributed by atoms with Gasteiger partial charge in [0.1, 0.15) is 0 Å². The molecule has 0 aromatic heterocycles. The highest BCUT2D eigenvalue weighted by atomic mass is 16.7. The summed E-state index contributed by atoms with van der Waals surface area (Å²) in [7, 11) is 0. The first-order valence-electron chi connectivity index (χ1n) is 8.95. The Labute approximate surface area is 140 Å². The molecule has 0 N–H and O–H groups in total. The van der Waals surface area contributed by atoms with Gasteiger partial charge in [0.05, 0.1) is 13.2 Å². The number of hydroxylamine groups is 2. The van der Waals surface area contributed by atoms with E-state index in [1.165, 1.54) is 43.6 Å². The normalized spacial score (nSPS) is 10.3. The molecule has 0 radical (unpaired) electrons. The van der Waals surface area contributed by atoms with Gasteiger partial charge in [-0.25, -0.2) is 4.79 Å².